The maximum absolute atomic E-state index is 5.48. The van der Waals surface area contributed by atoms with Gasteiger partial charge in [0.15, 0.2) is 0 Å². The average Bonchev–Trinajstić information content (AvgIpc) is 3.72. The molecular weight excluding hydrogens is 657 g/mol. The molecule has 0 N–H and O–H groups in total. The van der Waals surface area contributed by atoms with Crippen molar-refractivity contribution in [1.29, 1.82) is 0 Å². The van der Waals surface area contributed by atoms with E-state index >= 15 is 0 Å². The van der Waals surface area contributed by atoms with Crippen molar-refractivity contribution in [3.05, 3.63) is 157 Å². The van der Waals surface area contributed by atoms with Crippen LogP contribution in [0.25, 0.3) is 88.2 Å². The first-order chi connectivity index (χ1) is 26.3. The quantitative estimate of drug-likeness (QED) is 0.184. The van der Waals surface area contributed by atoms with Gasteiger partial charge in [-0.2, -0.15) is 0 Å². The van der Waals surface area contributed by atoms with Gasteiger partial charge in [-0.25, -0.2) is 9.97 Å². The van der Waals surface area contributed by atoms with Crippen molar-refractivity contribution in [2.45, 2.75) is 51.4 Å². The van der Waals surface area contributed by atoms with Gasteiger partial charge in [0.1, 0.15) is 0 Å². The number of nitrogens with zero attached hydrogens (tertiary/aromatic N) is 4. The molecule has 4 nitrogen and oxygen atoms in total. The lowest BCUT2D eigenvalue weighted by Gasteiger charge is -2.42. The second-order valence-corrected chi connectivity index (χ2v) is 16.5. The van der Waals surface area contributed by atoms with Crippen LogP contribution in [-0.4, -0.2) is 19.1 Å². The summed E-state index contributed by atoms with van der Waals surface area (Å²) >= 11 is 0. The maximum Gasteiger partial charge on any atom is 0.235 e. The molecule has 7 aromatic carbocycles. The van der Waals surface area contributed by atoms with Gasteiger partial charge in [0.2, 0.25) is 5.95 Å². The van der Waals surface area contributed by atoms with Gasteiger partial charge in [-0.05, 0) is 94.1 Å². The Morgan fingerprint density at radius 1 is 0.463 bits per heavy atom. The van der Waals surface area contributed by atoms with E-state index in [0.29, 0.717) is 5.95 Å². The minimum atomic E-state index is 0.0363. The summed E-state index contributed by atoms with van der Waals surface area (Å²) in [5.41, 5.74) is 11.7. The minimum absolute atomic E-state index is 0.0363. The molecule has 0 aliphatic heterocycles. The summed E-state index contributed by atoms with van der Waals surface area (Å²) in [6.45, 7) is 9.68. The first-order valence-corrected chi connectivity index (χ1v) is 19.1. The van der Waals surface area contributed by atoms with Crippen LogP contribution < -0.4 is 0 Å². The molecule has 0 saturated heterocycles. The third kappa shape index (κ3) is 4.37. The van der Waals surface area contributed by atoms with Crippen LogP contribution in [0.15, 0.2) is 146 Å². The summed E-state index contributed by atoms with van der Waals surface area (Å²) in [4.78, 5) is 10.9. The Balaban J connectivity index is 1.38. The van der Waals surface area contributed by atoms with Crippen molar-refractivity contribution in [3.63, 3.8) is 0 Å². The Hall–Kier alpha value is -6.26. The van der Waals surface area contributed by atoms with E-state index in [2.05, 4.69) is 182 Å². The fraction of sp³-hybridized carbons (Fsp3) is 0.160. The topological polar surface area (TPSA) is 35.6 Å². The Morgan fingerprint density at radius 3 is 1.80 bits per heavy atom. The molecule has 260 valence electrons. The standard InChI is InChI=1S/C50H40N4/c1-49(2)27-28-50(3,4)38-30-43-36(29-37(38)49)45-41(54(43)48-51-39-22-14-13-21-35(39)47(52-48)32-16-7-5-8-17-32)25-26-42-46(45)44-34-20-12-11-15-31(34)23-24-40(44)53(42)33-18-9-6-10-19-33/h5-26,29-30H,27-28H2,1-4H3. The third-order valence-electron chi connectivity index (χ3n) is 12.4. The predicted octanol–water partition coefficient (Wildman–Crippen LogP) is 13.0. The van der Waals surface area contributed by atoms with Crippen LogP contribution in [0.5, 0.6) is 0 Å². The summed E-state index contributed by atoms with van der Waals surface area (Å²) in [6.07, 6.45) is 2.29. The van der Waals surface area contributed by atoms with E-state index in [9.17, 15) is 0 Å². The molecule has 0 spiro atoms. The Bertz CT molecular complexity index is 3150. The Labute approximate surface area is 314 Å². The molecule has 0 atom stereocenters. The smallest absolute Gasteiger partial charge is 0.235 e. The number of hydrogen-bond acceptors (Lipinski definition) is 2. The number of para-hydroxylation sites is 2. The molecule has 0 unspecified atom stereocenters. The Morgan fingerprint density at radius 2 is 1.04 bits per heavy atom. The lowest BCUT2D eigenvalue weighted by atomic mass is 9.63. The van der Waals surface area contributed by atoms with Crippen LogP contribution in [0, 0.1) is 0 Å². The van der Waals surface area contributed by atoms with Crippen molar-refractivity contribution in [1.82, 2.24) is 19.1 Å². The van der Waals surface area contributed by atoms with Gasteiger partial charge in [-0.3, -0.25) is 4.57 Å². The van der Waals surface area contributed by atoms with E-state index in [1.54, 1.807) is 0 Å². The highest BCUT2D eigenvalue weighted by Crippen LogP contribution is 2.50. The molecule has 0 radical (unpaired) electrons. The van der Waals surface area contributed by atoms with Gasteiger partial charge in [-0.1, -0.05) is 125 Å². The summed E-state index contributed by atoms with van der Waals surface area (Å²) < 4.78 is 4.81. The highest BCUT2D eigenvalue weighted by Gasteiger charge is 2.38. The predicted molar refractivity (Wildman–Crippen MR) is 226 cm³/mol. The Kier molecular flexibility index (Phi) is 6.45. The molecule has 0 amide bonds. The number of hydrogen-bond donors (Lipinski definition) is 0. The fourth-order valence-electron chi connectivity index (χ4n) is 9.49. The molecule has 54 heavy (non-hydrogen) atoms. The molecule has 3 aromatic heterocycles. The number of benzene rings is 7. The van der Waals surface area contributed by atoms with Gasteiger partial charge in [0, 0.05) is 38.2 Å². The molecule has 10 aromatic rings. The fourth-order valence-corrected chi connectivity index (χ4v) is 9.49. The van der Waals surface area contributed by atoms with Crippen LogP contribution in [0.3, 0.4) is 0 Å². The first-order valence-electron chi connectivity index (χ1n) is 19.1. The molecule has 1 aliphatic rings. The molecule has 1 aliphatic carbocycles. The SMILES string of the molecule is CC1(C)CCC(C)(C)c2cc3c(cc21)c1c2c4c5ccccc5ccc4n(-c4ccccc4)c2ccc1n3-c1nc(-c2ccccc2)c2ccccc2n1. The minimum Gasteiger partial charge on any atom is -0.309 e. The van der Waals surface area contributed by atoms with Gasteiger partial charge < -0.3 is 4.57 Å². The molecule has 4 heteroatoms. The van der Waals surface area contributed by atoms with Crippen molar-refractivity contribution in [2.75, 3.05) is 0 Å². The molecule has 0 saturated carbocycles. The van der Waals surface area contributed by atoms with Crippen LogP contribution in [0.1, 0.15) is 51.7 Å². The van der Waals surface area contributed by atoms with Crippen LogP contribution in [-0.2, 0) is 10.8 Å². The zero-order valence-corrected chi connectivity index (χ0v) is 31.1. The van der Waals surface area contributed by atoms with Crippen LogP contribution in [0.4, 0.5) is 0 Å². The van der Waals surface area contributed by atoms with Gasteiger partial charge in [0.25, 0.3) is 0 Å². The largest absolute Gasteiger partial charge is 0.309 e. The van der Waals surface area contributed by atoms with Crippen LogP contribution >= 0.6 is 0 Å². The second kappa shape index (κ2) is 11.1. The highest BCUT2D eigenvalue weighted by atomic mass is 15.2. The number of aromatic nitrogens is 4. The summed E-state index contributed by atoms with van der Waals surface area (Å²) in [5, 5.41) is 8.59. The van der Waals surface area contributed by atoms with E-state index in [1.807, 2.05) is 0 Å². The molecule has 0 bridgehead atoms. The van der Waals surface area contributed by atoms with Crippen LogP contribution in [0.2, 0.25) is 0 Å². The second-order valence-electron chi connectivity index (χ2n) is 16.5. The molecule has 11 rings (SSSR count). The number of fused-ring (bicyclic) bond motifs is 11. The van der Waals surface area contributed by atoms with E-state index in [-0.39, 0.29) is 10.8 Å². The third-order valence-corrected chi connectivity index (χ3v) is 12.4. The lowest BCUT2D eigenvalue weighted by molar-refractivity contribution is 0.332. The van der Waals surface area contributed by atoms with Gasteiger partial charge in [0.05, 0.1) is 33.3 Å². The van der Waals surface area contributed by atoms with Crippen molar-refractivity contribution in [3.8, 4) is 22.9 Å². The zero-order chi connectivity index (χ0) is 36.3. The van der Waals surface area contributed by atoms with Gasteiger partial charge in [-0.15, -0.1) is 0 Å². The summed E-state index contributed by atoms with van der Waals surface area (Å²) in [5.74, 6) is 0.691. The normalized spacial score (nSPS) is 15.2. The average molecular weight is 697 g/mol. The highest BCUT2D eigenvalue weighted by molar-refractivity contribution is 6.33. The van der Waals surface area contributed by atoms with E-state index in [1.165, 1.54) is 54.5 Å². The van der Waals surface area contributed by atoms with Crippen molar-refractivity contribution >= 4 is 65.3 Å². The summed E-state index contributed by atoms with van der Waals surface area (Å²) in [7, 11) is 0. The van der Waals surface area contributed by atoms with E-state index < -0.39 is 0 Å². The van der Waals surface area contributed by atoms with E-state index in [4.69, 9.17) is 9.97 Å². The maximum atomic E-state index is 5.48. The summed E-state index contributed by atoms with van der Waals surface area (Å²) in [6, 6.07) is 52.8. The van der Waals surface area contributed by atoms with Crippen molar-refractivity contribution < 1.29 is 0 Å². The van der Waals surface area contributed by atoms with E-state index in [0.717, 1.165) is 51.7 Å². The molecule has 0 fully saturated rings. The lowest BCUT2D eigenvalue weighted by Crippen LogP contribution is -2.33. The first kappa shape index (κ1) is 31.3. The molecular formula is C50H40N4. The molecule has 3 heterocycles. The zero-order valence-electron chi connectivity index (χ0n) is 31.1. The van der Waals surface area contributed by atoms with Crippen molar-refractivity contribution in [2.24, 2.45) is 0 Å². The number of rotatable bonds is 3. The monoisotopic (exact) mass is 696 g/mol. The van der Waals surface area contributed by atoms with Gasteiger partial charge >= 0.3 is 0 Å².